The van der Waals surface area contributed by atoms with Gasteiger partial charge in [-0.05, 0) is 31.4 Å². The van der Waals surface area contributed by atoms with Gasteiger partial charge < -0.3 is 5.73 Å². The minimum Gasteiger partial charge on any atom is -0.384 e. The summed E-state index contributed by atoms with van der Waals surface area (Å²) < 4.78 is 5.29. The van der Waals surface area contributed by atoms with Gasteiger partial charge in [-0.15, -0.1) is 10.2 Å². The second kappa shape index (κ2) is 9.17. The van der Waals surface area contributed by atoms with Crippen molar-refractivity contribution in [3.05, 3.63) is 61.0 Å². The van der Waals surface area contributed by atoms with E-state index < -0.39 is 22.3 Å². The van der Waals surface area contributed by atoms with Gasteiger partial charge in [-0.3, -0.25) is 32.5 Å². The molecule has 3 aromatic heterocycles. The average Bonchev–Trinajstić information content (AvgIpc) is 3.24. The van der Waals surface area contributed by atoms with Crippen LogP contribution in [-0.2, 0) is 20.6 Å². The molecule has 1 aromatic carbocycles. The molecule has 4 rings (SSSR count). The lowest BCUT2D eigenvalue weighted by Crippen LogP contribution is -2.42. The number of ketones is 1. The quantitative estimate of drug-likeness (QED) is 0.299. The molecular weight excluding hydrogens is 470 g/mol. The number of benzene rings is 1. The van der Waals surface area contributed by atoms with E-state index in [1.54, 1.807) is 34.1 Å². The second-order valence-corrected chi connectivity index (χ2v) is 10.2. The molecule has 1 atom stereocenters. The lowest BCUT2D eigenvalue weighted by Gasteiger charge is -2.15. The molecule has 0 radical (unpaired) electrons. The number of Topliss-reactive ketones (excluding diaryl/α,β-unsaturated/α-hetero) is 1. The van der Waals surface area contributed by atoms with E-state index in [1.165, 1.54) is 14.1 Å². The number of nitrogen functional groups attached to an aromatic ring is 1. The Morgan fingerprint density at radius 1 is 1.03 bits per heavy atom. The highest BCUT2D eigenvalue weighted by molar-refractivity contribution is 8.00. The Labute approximate surface area is 204 Å². The van der Waals surface area contributed by atoms with E-state index in [-0.39, 0.29) is 16.9 Å². The summed E-state index contributed by atoms with van der Waals surface area (Å²) in [6, 6.07) is 7.17. The molecule has 11 nitrogen and oxygen atoms in total. The van der Waals surface area contributed by atoms with Crippen LogP contribution in [0.3, 0.4) is 0 Å². The van der Waals surface area contributed by atoms with Gasteiger partial charge in [-0.2, -0.15) is 0 Å². The van der Waals surface area contributed by atoms with Crippen LogP contribution in [0.25, 0.3) is 16.7 Å². The third kappa shape index (κ3) is 4.07. The highest BCUT2D eigenvalue weighted by Gasteiger charge is 2.27. The van der Waals surface area contributed by atoms with Crippen molar-refractivity contribution in [2.24, 2.45) is 20.0 Å². The molecule has 0 amide bonds. The Morgan fingerprint density at radius 3 is 2.40 bits per heavy atom. The normalized spacial score (nSPS) is 12.6. The molecule has 0 saturated heterocycles. The van der Waals surface area contributed by atoms with E-state index in [1.807, 2.05) is 6.07 Å². The zero-order valence-electron chi connectivity index (χ0n) is 20.2. The van der Waals surface area contributed by atoms with Crippen molar-refractivity contribution in [1.29, 1.82) is 0 Å². The molecule has 12 heteroatoms. The van der Waals surface area contributed by atoms with Crippen LogP contribution in [0.4, 0.5) is 5.82 Å². The van der Waals surface area contributed by atoms with Crippen LogP contribution in [0.1, 0.15) is 37.6 Å². The largest absolute Gasteiger partial charge is 0.384 e. The van der Waals surface area contributed by atoms with E-state index in [9.17, 15) is 19.2 Å². The fourth-order valence-corrected chi connectivity index (χ4v) is 4.82. The number of thioether (sulfide) groups is 1. The Kier molecular flexibility index (Phi) is 6.41. The van der Waals surface area contributed by atoms with Crippen molar-refractivity contribution in [3.8, 4) is 0 Å². The van der Waals surface area contributed by atoms with Crippen LogP contribution >= 0.6 is 11.8 Å². The Balaban J connectivity index is 1.82. The highest BCUT2D eigenvalue weighted by Crippen LogP contribution is 2.27. The molecule has 4 aromatic rings. The smallest absolute Gasteiger partial charge is 0.332 e. The van der Waals surface area contributed by atoms with Crippen molar-refractivity contribution in [1.82, 2.24) is 28.3 Å². The fraction of sp³-hybridized carbons (Fsp3) is 0.391. The van der Waals surface area contributed by atoms with Crippen LogP contribution in [0.15, 0.2) is 43.8 Å². The minimum atomic E-state index is -0.773. The number of hydrogen-bond donors (Lipinski definition) is 1. The zero-order valence-corrected chi connectivity index (χ0v) is 21.0. The summed E-state index contributed by atoms with van der Waals surface area (Å²) in [5.41, 5.74) is 4.84. The van der Waals surface area contributed by atoms with Crippen molar-refractivity contribution >= 4 is 40.0 Å². The summed E-state index contributed by atoms with van der Waals surface area (Å²) in [5, 5.41) is 8.69. The summed E-state index contributed by atoms with van der Waals surface area (Å²) in [6.07, 6.45) is 0.785. The number of nitrogens with zero attached hydrogens (tertiary/aromatic N) is 6. The number of nitrogens with two attached hydrogens (primary N) is 1. The first kappa shape index (κ1) is 24.5. The van der Waals surface area contributed by atoms with E-state index >= 15 is 0 Å². The average molecular weight is 498 g/mol. The predicted octanol–water partition coefficient (Wildman–Crippen LogP) is 1.43. The minimum absolute atomic E-state index is 0.150. The van der Waals surface area contributed by atoms with Gasteiger partial charge in [-0.1, -0.05) is 37.7 Å². The molecule has 0 aliphatic carbocycles. The molecule has 184 valence electrons. The fourth-order valence-electron chi connectivity index (χ4n) is 3.91. The molecule has 0 aliphatic heterocycles. The van der Waals surface area contributed by atoms with Gasteiger partial charge in [-0.25, -0.2) is 4.79 Å². The third-order valence-corrected chi connectivity index (χ3v) is 7.06. The van der Waals surface area contributed by atoms with Crippen LogP contribution in [0, 0.1) is 5.92 Å². The van der Waals surface area contributed by atoms with Crippen molar-refractivity contribution in [2.45, 2.75) is 44.1 Å². The first-order valence-electron chi connectivity index (χ1n) is 11.2. The maximum absolute atomic E-state index is 13.3. The maximum atomic E-state index is 13.3. The number of aryl methyl sites for hydroxylation is 1. The highest BCUT2D eigenvalue weighted by atomic mass is 32.2. The zero-order chi connectivity index (χ0) is 25.6. The summed E-state index contributed by atoms with van der Waals surface area (Å²) in [4.78, 5) is 51.3. The van der Waals surface area contributed by atoms with E-state index in [2.05, 4.69) is 24.0 Å². The first-order valence-corrected chi connectivity index (χ1v) is 12.1. The van der Waals surface area contributed by atoms with Crippen LogP contribution in [0.2, 0.25) is 0 Å². The molecule has 0 bridgehead atoms. The SMILES string of the molecule is CC(C)CCn1c(=O)c2ccccc2n2c(SC(C)C(=O)c3c(N)n(C)c(=O)n(C)c3=O)nnc12. The van der Waals surface area contributed by atoms with Crippen molar-refractivity contribution < 1.29 is 4.79 Å². The molecular formula is C23H27N7O4S. The number of fused-ring (bicyclic) bond motifs is 3. The second-order valence-electron chi connectivity index (χ2n) is 8.86. The number of para-hydroxylation sites is 1. The number of aromatic nitrogens is 6. The van der Waals surface area contributed by atoms with Gasteiger partial charge in [0.2, 0.25) is 5.78 Å². The standard InChI is InChI=1S/C23H27N7O4S/c1-12(2)10-11-29-19(32)14-8-6-7-9-15(14)30-21(29)25-26-22(30)35-13(3)17(31)16-18(24)27(4)23(34)28(5)20(16)33/h6-9,12-13H,10-11,24H2,1-5H3. The molecule has 0 aliphatic rings. The van der Waals surface area contributed by atoms with Gasteiger partial charge in [0.1, 0.15) is 11.4 Å². The lowest BCUT2D eigenvalue weighted by atomic mass is 10.1. The molecule has 3 heterocycles. The van der Waals surface area contributed by atoms with Crippen LogP contribution in [-0.4, -0.2) is 39.3 Å². The summed E-state index contributed by atoms with van der Waals surface area (Å²) in [7, 11) is 2.70. The summed E-state index contributed by atoms with van der Waals surface area (Å²) in [5.74, 6) is 0.0549. The number of carbonyl (C=O) groups excluding carboxylic acids is 1. The number of hydrogen-bond acceptors (Lipinski definition) is 8. The first-order chi connectivity index (χ1) is 16.5. The van der Waals surface area contributed by atoms with Crippen molar-refractivity contribution in [2.75, 3.05) is 5.73 Å². The monoisotopic (exact) mass is 497 g/mol. The molecule has 0 fully saturated rings. The van der Waals surface area contributed by atoms with E-state index in [4.69, 9.17) is 5.73 Å². The number of carbonyl (C=O) groups is 1. The van der Waals surface area contributed by atoms with Crippen molar-refractivity contribution in [3.63, 3.8) is 0 Å². The van der Waals surface area contributed by atoms with Crippen LogP contribution in [0.5, 0.6) is 0 Å². The number of anilines is 1. The summed E-state index contributed by atoms with van der Waals surface area (Å²) >= 11 is 1.10. The number of rotatable bonds is 7. The summed E-state index contributed by atoms with van der Waals surface area (Å²) in [6.45, 7) is 6.27. The predicted molar refractivity (Wildman–Crippen MR) is 135 cm³/mol. The van der Waals surface area contributed by atoms with E-state index in [0.717, 1.165) is 27.3 Å². The van der Waals surface area contributed by atoms with Gasteiger partial charge in [0.05, 0.1) is 16.2 Å². The lowest BCUT2D eigenvalue weighted by molar-refractivity contribution is 0.0992. The molecule has 0 saturated carbocycles. The Hall–Kier alpha value is -3.67. The topological polar surface area (TPSA) is 139 Å². The Bertz CT molecular complexity index is 1640. The third-order valence-electron chi connectivity index (χ3n) is 6.02. The van der Waals surface area contributed by atoms with Gasteiger partial charge >= 0.3 is 5.69 Å². The van der Waals surface area contributed by atoms with Gasteiger partial charge in [0.25, 0.3) is 11.1 Å². The molecule has 0 spiro atoms. The molecule has 1 unspecified atom stereocenters. The van der Waals surface area contributed by atoms with E-state index in [0.29, 0.717) is 34.3 Å². The van der Waals surface area contributed by atoms with Crippen LogP contribution < -0.4 is 22.5 Å². The molecule has 2 N–H and O–H groups in total. The molecule has 35 heavy (non-hydrogen) atoms. The van der Waals surface area contributed by atoms with Gasteiger partial charge in [0, 0.05) is 20.6 Å². The maximum Gasteiger partial charge on any atom is 0.332 e. The Morgan fingerprint density at radius 2 is 1.71 bits per heavy atom. The van der Waals surface area contributed by atoms with Gasteiger partial charge in [0.15, 0.2) is 10.9 Å².